The molecule has 140 valence electrons. The summed E-state index contributed by atoms with van der Waals surface area (Å²) in [5.74, 6) is -0.709. The standard InChI is InChI=1S/C18H19Cl2NO4S/c1-12(2)21(3)26(23,24)15-7-8-17(20)16(10-15)18(22)25-11-13-5-4-6-14(19)9-13/h4-10,12H,11H2,1-3H3. The number of benzene rings is 2. The van der Waals surface area contributed by atoms with Gasteiger partial charge in [-0.05, 0) is 49.7 Å². The van der Waals surface area contributed by atoms with E-state index < -0.39 is 16.0 Å². The van der Waals surface area contributed by atoms with E-state index in [1.54, 1.807) is 38.1 Å². The van der Waals surface area contributed by atoms with E-state index >= 15 is 0 Å². The van der Waals surface area contributed by atoms with Crippen LogP contribution in [-0.2, 0) is 21.4 Å². The maximum atomic E-state index is 12.6. The van der Waals surface area contributed by atoms with E-state index in [-0.39, 0.29) is 28.1 Å². The highest BCUT2D eigenvalue weighted by Gasteiger charge is 2.25. The number of carbonyl (C=O) groups is 1. The molecule has 0 saturated heterocycles. The van der Waals surface area contributed by atoms with Gasteiger partial charge in [-0.15, -0.1) is 0 Å². The van der Waals surface area contributed by atoms with Crippen LogP contribution in [-0.4, -0.2) is 31.8 Å². The smallest absolute Gasteiger partial charge is 0.340 e. The van der Waals surface area contributed by atoms with E-state index in [4.69, 9.17) is 27.9 Å². The van der Waals surface area contributed by atoms with Crippen molar-refractivity contribution in [3.8, 4) is 0 Å². The molecule has 0 saturated carbocycles. The van der Waals surface area contributed by atoms with Crippen molar-refractivity contribution in [2.45, 2.75) is 31.4 Å². The molecule has 2 aromatic carbocycles. The molecule has 0 bridgehead atoms. The Bertz CT molecular complexity index is 913. The number of sulfonamides is 1. The monoisotopic (exact) mass is 415 g/mol. The second-order valence-electron chi connectivity index (χ2n) is 5.96. The summed E-state index contributed by atoms with van der Waals surface area (Å²) in [6.07, 6.45) is 0. The first-order chi connectivity index (χ1) is 12.1. The van der Waals surface area contributed by atoms with Crippen molar-refractivity contribution in [1.82, 2.24) is 4.31 Å². The number of hydrogen-bond donors (Lipinski definition) is 0. The Morgan fingerprint density at radius 1 is 1.15 bits per heavy atom. The maximum Gasteiger partial charge on any atom is 0.340 e. The summed E-state index contributed by atoms with van der Waals surface area (Å²) in [7, 11) is -2.26. The first-order valence-corrected chi connectivity index (χ1v) is 10.0. The summed E-state index contributed by atoms with van der Waals surface area (Å²) >= 11 is 12.0. The quantitative estimate of drug-likeness (QED) is 0.656. The largest absolute Gasteiger partial charge is 0.457 e. The molecule has 0 atom stereocenters. The summed E-state index contributed by atoms with van der Waals surface area (Å²) in [6, 6.07) is 10.6. The molecule has 0 unspecified atom stereocenters. The van der Waals surface area contributed by atoms with Gasteiger partial charge in [-0.25, -0.2) is 13.2 Å². The highest BCUT2D eigenvalue weighted by molar-refractivity contribution is 7.89. The number of nitrogens with zero attached hydrogens (tertiary/aromatic N) is 1. The first-order valence-electron chi connectivity index (χ1n) is 7.82. The minimum Gasteiger partial charge on any atom is -0.457 e. The highest BCUT2D eigenvalue weighted by Crippen LogP contribution is 2.24. The Morgan fingerprint density at radius 3 is 2.46 bits per heavy atom. The van der Waals surface area contributed by atoms with Crippen LogP contribution in [0.5, 0.6) is 0 Å². The Hall–Kier alpha value is -1.60. The van der Waals surface area contributed by atoms with Crippen molar-refractivity contribution in [1.29, 1.82) is 0 Å². The van der Waals surface area contributed by atoms with Crippen molar-refractivity contribution in [3.63, 3.8) is 0 Å². The predicted molar refractivity (Wildman–Crippen MR) is 102 cm³/mol. The Kier molecular flexibility index (Phi) is 6.69. The fraction of sp³-hybridized carbons (Fsp3) is 0.278. The van der Waals surface area contributed by atoms with Crippen molar-refractivity contribution in [2.75, 3.05) is 7.05 Å². The first kappa shape index (κ1) is 20.7. The van der Waals surface area contributed by atoms with Crippen molar-refractivity contribution < 1.29 is 17.9 Å². The summed E-state index contributed by atoms with van der Waals surface area (Å²) in [5, 5.41) is 0.647. The lowest BCUT2D eigenvalue weighted by Gasteiger charge is -2.21. The summed E-state index contributed by atoms with van der Waals surface area (Å²) in [5.41, 5.74) is 0.706. The zero-order valence-corrected chi connectivity index (χ0v) is 16.9. The maximum absolute atomic E-state index is 12.6. The molecule has 0 aliphatic carbocycles. The molecular weight excluding hydrogens is 397 g/mol. The Morgan fingerprint density at radius 2 is 1.85 bits per heavy atom. The van der Waals surface area contributed by atoms with Gasteiger partial charge in [0, 0.05) is 18.1 Å². The van der Waals surface area contributed by atoms with Gasteiger partial charge in [-0.1, -0.05) is 35.3 Å². The van der Waals surface area contributed by atoms with Crippen molar-refractivity contribution in [3.05, 3.63) is 63.6 Å². The molecule has 2 rings (SSSR count). The second-order valence-corrected chi connectivity index (χ2v) is 8.80. The molecule has 0 heterocycles. The van der Waals surface area contributed by atoms with Crippen molar-refractivity contribution in [2.24, 2.45) is 0 Å². The fourth-order valence-corrected chi connectivity index (χ4v) is 3.92. The van der Waals surface area contributed by atoms with Crippen LogP contribution < -0.4 is 0 Å². The lowest BCUT2D eigenvalue weighted by atomic mass is 10.2. The molecular formula is C18H19Cl2NO4S. The van der Waals surface area contributed by atoms with Gasteiger partial charge < -0.3 is 4.74 Å². The summed E-state index contributed by atoms with van der Waals surface area (Å²) in [6.45, 7) is 3.51. The van der Waals surface area contributed by atoms with E-state index in [1.807, 2.05) is 0 Å². The lowest BCUT2D eigenvalue weighted by molar-refractivity contribution is 0.0472. The number of esters is 1. The van der Waals surface area contributed by atoms with E-state index in [9.17, 15) is 13.2 Å². The van der Waals surface area contributed by atoms with E-state index in [1.165, 1.54) is 29.6 Å². The van der Waals surface area contributed by atoms with Gasteiger partial charge in [0.15, 0.2) is 0 Å². The van der Waals surface area contributed by atoms with Crippen LogP contribution in [0.25, 0.3) is 0 Å². The van der Waals surface area contributed by atoms with Gasteiger partial charge in [-0.2, -0.15) is 4.31 Å². The fourth-order valence-electron chi connectivity index (χ4n) is 2.12. The SMILES string of the molecule is CC(C)N(C)S(=O)(=O)c1ccc(Cl)c(C(=O)OCc2cccc(Cl)c2)c1. The molecule has 0 aliphatic rings. The molecule has 0 aliphatic heterocycles. The van der Waals surface area contributed by atoms with Gasteiger partial charge >= 0.3 is 5.97 Å². The van der Waals surface area contributed by atoms with Gasteiger partial charge in [0.05, 0.1) is 15.5 Å². The van der Waals surface area contributed by atoms with Crippen molar-refractivity contribution >= 4 is 39.2 Å². The molecule has 0 fully saturated rings. The normalized spacial score (nSPS) is 11.8. The number of carbonyl (C=O) groups excluding carboxylic acids is 1. The van der Waals surface area contributed by atoms with Crippen LogP contribution in [0.1, 0.15) is 29.8 Å². The van der Waals surface area contributed by atoms with Crippen LogP contribution in [0.2, 0.25) is 10.0 Å². The average Bonchev–Trinajstić information content (AvgIpc) is 2.59. The third-order valence-corrected chi connectivity index (χ3v) is 6.42. The second kappa shape index (κ2) is 8.39. The molecule has 0 N–H and O–H groups in total. The molecule has 0 aromatic heterocycles. The Balaban J connectivity index is 2.25. The van der Waals surface area contributed by atoms with Crippen LogP contribution in [0, 0.1) is 0 Å². The third kappa shape index (κ3) is 4.76. The van der Waals surface area contributed by atoms with Gasteiger partial charge in [0.25, 0.3) is 0 Å². The molecule has 26 heavy (non-hydrogen) atoms. The zero-order chi connectivity index (χ0) is 19.5. The molecule has 2 aromatic rings. The Labute approximate surface area is 163 Å². The predicted octanol–water partition coefficient (Wildman–Crippen LogP) is 4.38. The highest BCUT2D eigenvalue weighted by atomic mass is 35.5. The lowest BCUT2D eigenvalue weighted by Crippen LogP contribution is -2.33. The molecule has 0 spiro atoms. The minimum atomic E-state index is -3.73. The van der Waals surface area contributed by atoms with E-state index in [0.29, 0.717) is 10.6 Å². The van der Waals surface area contributed by atoms with Gasteiger partial charge in [0.1, 0.15) is 6.61 Å². The molecule has 5 nitrogen and oxygen atoms in total. The average molecular weight is 416 g/mol. The molecule has 8 heteroatoms. The van der Waals surface area contributed by atoms with E-state index in [2.05, 4.69) is 0 Å². The zero-order valence-electron chi connectivity index (χ0n) is 14.6. The topological polar surface area (TPSA) is 63.7 Å². The van der Waals surface area contributed by atoms with Gasteiger partial charge in [-0.3, -0.25) is 0 Å². The number of halogens is 2. The third-order valence-electron chi connectivity index (χ3n) is 3.82. The van der Waals surface area contributed by atoms with Crippen LogP contribution in [0.3, 0.4) is 0 Å². The van der Waals surface area contributed by atoms with Crippen LogP contribution >= 0.6 is 23.2 Å². The summed E-state index contributed by atoms with van der Waals surface area (Å²) < 4.78 is 31.6. The van der Waals surface area contributed by atoms with Gasteiger partial charge in [0.2, 0.25) is 10.0 Å². The number of rotatable bonds is 6. The molecule has 0 amide bonds. The minimum absolute atomic E-state index is 0.00139. The molecule has 0 radical (unpaired) electrons. The number of ether oxygens (including phenoxy) is 1. The van der Waals surface area contributed by atoms with E-state index in [0.717, 1.165) is 0 Å². The van der Waals surface area contributed by atoms with Crippen LogP contribution in [0.15, 0.2) is 47.4 Å². The van der Waals surface area contributed by atoms with Crippen LogP contribution in [0.4, 0.5) is 0 Å². The number of hydrogen-bond acceptors (Lipinski definition) is 4. The summed E-state index contributed by atoms with van der Waals surface area (Å²) in [4.78, 5) is 12.3.